The largest absolute Gasteiger partial charge is 0.371 e. The first-order valence-electron chi connectivity index (χ1n) is 14.5. The van der Waals surface area contributed by atoms with Gasteiger partial charge in [-0.15, -0.1) is 0 Å². The zero-order valence-electron chi connectivity index (χ0n) is 24.0. The van der Waals surface area contributed by atoms with Gasteiger partial charge in [-0.1, -0.05) is 29.8 Å². The average Bonchev–Trinajstić information content (AvgIpc) is 3.39. The number of nitrogens with one attached hydrogen (secondary N) is 2. The van der Waals surface area contributed by atoms with Crippen LogP contribution in [0, 0.1) is 13.8 Å². The summed E-state index contributed by atoms with van der Waals surface area (Å²) in [6, 6.07) is 20.4. The Labute approximate surface area is 241 Å². The summed E-state index contributed by atoms with van der Waals surface area (Å²) in [6.45, 7) is 5.85. The first kappa shape index (κ1) is 26.8. The first-order chi connectivity index (χ1) is 19.9. The van der Waals surface area contributed by atoms with Gasteiger partial charge >= 0.3 is 6.03 Å². The van der Waals surface area contributed by atoms with E-state index < -0.39 is 0 Å². The number of hydrogen-bond donors (Lipinski definition) is 2. The van der Waals surface area contributed by atoms with Crippen molar-refractivity contribution in [2.24, 2.45) is 0 Å². The maximum absolute atomic E-state index is 13.6. The van der Waals surface area contributed by atoms with Gasteiger partial charge in [0.25, 0.3) is 5.91 Å². The standard InChI is InChI=1S/C34H37N5O2/c1-22-4-10-31(23(2)18-22)36-34(41)37-32-11-8-24-5-6-26(20-30(24)32)33(40)38(3)28-13-16-39(17-14-28)29-9-7-27-21-35-15-12-25(27)19-29/h4-7,9-10,12,15,18-21,28,32H,8,11,13-14,16-17H2,1-3H3,(H2,36,37,41). The van der Waals surface area contributed by atoms with Crippen molar-refractivity contribution in [3.05, 3.63) is 101 Å². The van der Waals surface area contributed by atoms with E-state index >= 15 is 0 Å². The normalized spacial score (nSPS) is 16.9. The van der Waals surface area contributed by atoms with Crippen LogP contribution in [-0.2, 0) is 6.42 Å². The molecule has 1 fully saturated rings. The minimum absolute atomic E-state index is 0.0369. The molecule has 1 aliphatic heterocycles. The number of piperidine rings is 1. The minimum Gasteiger partial charge on any atom is -0.371 e. The van der Waals surface area contributed by atoms with Crippen molar-refractivity contribution in [2.45, 2.75) is 51.6 Å². The number of aryl methyl sites for hydroxylation is 3. The molecule has 6 rings (SSSR count). The molecule has 2 heterocycles. The van der Waals surface area contributed by atoms with Gasteiger partial charge in [-0.2, -0.15) is 0 Å². The van der Waals surface area contributed by atoms with E-state index in [1.807, 2.05) is 68.5 Å². The third-order valence-electron chi connectivity index (χ3n) is 8.73. The Bertz CT molecular complexity index is 1610. The quantitative estimate of drug-likeness (QED) is 0.303. The predicted molar refractivity (Wildman–Crippen MR) is 165 cm³/mol. The predicted octanol–water partition coefficient (Wildman–Crippen LogP) is 6.40. The maximum Gasteiger partial charge on any atom is 0.319 e. The van der Waals surface area contributed by atoms with Gasteiger partial charge in [0, 0.05) is 60.9 Å². The average molecular weight is 548 g/mol. The van der Waals surface area contributed by atoms with Crippen LogP contribution in [0.5, 0.6) is 0 Å². The lowest BCUT2D eigenvalue weighted by Gasteiger charge is -2.38. The first-order valence-corrected chi connectivity index (χ1v) is 14.5. The fourth-order valence-corrected chi connectivity index (χ4v) is 6.30. The van der Waals surface area contributed by atoms with Gasteiger partial charge in [-0.3, -0.25) is 9.78 Å². The number of urea groups is 1. The molecule has 7 nitrogen and oxygen atoms in total. The van der Waals surface area contributed by atoms with Crippen molar-refractivity contribution in [3.63, 3.8) is 0 Å². The Kier molecular flexibility index (Phi) is 7.35. The summed E-state index contributed by atoms with van der Waals surface area (Å²) in [4.78, 5) is 34.9. The molecular formula is C34H37N5O2. The van der Waals surface area contributed by atoms with Crippen molar-refractivity contribution >= 4 is 34.1 Å². The highest BCUT2D eigenvalue weighted by atomic mass is 16.2. The van der Waals surface area contributed by atoms with E-state index in [0.717, 1.165) is 66.5 Å². The molecule has 1 atom stereocenters. The minimum atomic E-state index is -0.224. The van der Waals surface area contributed by atoms with E-state index in [1.165, 1.54) is 16.6 Å². The summed E-state index contributed by atoms with van der Waals surface area (Å²) in [5, 5.41) is 8.45. The summed E-state index contributed by atoms with van der Waals surface area (Å²) < 4.78 is 0. The SMILES string of the molecule is Cc1ccc(NC(=O)NC2CCc3ccc(C(=O)N(C)C4CCN(c5ccc6cnccc6c5)CC4)cc32)c(C)c1. The summed E-state index contributed by atoms with van der Waals surface area (Å²) in [6.07, 6.45) is 7.28. The highest BCUT2D eigenvalue weighted by Crippen LogP contribution is 2.33. The number of aromatic nitrogens is 1. The Morgan fingerprint density at radius 1 is 0.927 bits per heavy atom. The Hall–Kier alpha value is -4.39. The third kappa shape index (κ3) is 5.62. The maximum atomic E-state index is 13.6. The van der Waals surface area contributed by atoms with Crippen LogP contribution in [-0.4, -0.2) is 48.0 Å². The lowest BCUT2D eigenvalue weighted by Crippen LogP contribution is -2.45. The molecule has 0 radical (unpaired) electrons. The van der Waals surface area contributed by atoms with Crippen LogP contribution in [0.2, 0.25) is 0 Å². The molecule has 1 aromatic heterocycles. The van der Waals surface area contributed by atoms with Crippen molar-refractivity contribution < 1.29 is 9.59 Å². The number of amides is 3. The molecule has 1 aliphatic carbocycles. The number of fused-ring (bicyclic) bond motifs is 2. The molecule has 3 aromatic carbocycles. The molecule has 41 heavy (non-hydrogen) atoms. The monoisotopic (exact) mass is 547 g/mol. The summed E-state index contributed by atoms with van der Waals surface area (Å²) in [5.74, 6) is 0.0369. The zero-order valence-corrected chi connectivity index (χ0v) is 24.0. The molecule has 3 amide bonds. The summed E-state index contributed by atoms with van der Waals surface area (Å²) in [7, 11) is 1.92. The van der Waals surface area contributed by atoms with Gasteiger partial charge in [0.05, 0.1) is 6.04 Å². The zero-order chi connectivity index (χ0) is 28.5. The number of hydrogen-bond acceptors (Lipinski definition) is 4. The number of benzene rings is 3. The van der Waals surface area contributed by atoms with Crippen molar-refractivity contribution in [1.29, 1.82) is 0 Å². The smallest absolute Gasteiger partial charge is 0.319 e. The number of carbonyl (C=O) groups excluding carboxylic acids is 2. The van der Waals surface area contributed by atoms with Crippen LogP contribution in [0.4, 0.5) is 16.2 Å². The molecule has 1 saturated heterocycles. The number of anilines is 2. The molecule has 0 spiro atoms. The molecule has 0 saturated carbocycles. The van der Waals surface area contributed by atoms with Gasteiger partial charge < -0.3 is 20.4 Å². The fourth-order valence-electron chi connectivity index (χ4n) is 6.30. The van der Waals surface area contributed by atoms with Crippen LogP contribution < -0.4 is 15.5 Å². The molecule has 7 heteroatoms. The Balaban J connectivity index is 1.08. The second-order valence-corrected chi connectivity index (χ2v) is 11.5. The van der Waals surface area contributed by atoms with Crippen molar-refractivity contribution in [1.82, 2.24) is 15.2 Å². The molecule has 4 aromatic rings. The van der Waals surface area contributed by atoms with Crippen LogP contribution in [0.1, 0.15) is 57.9 Å². The van der Waals surface area contributed by atoms with Gasteiger partial charge in [-0.25, -0.2) is 4.79 Å². The highest BCUT2D eigenvalue weighted by Gasteiger charge is 2.29. The van der Waals surface area contributed by atoms with Crippen LogP contribution in [0.25, 0.3) is 10.8 Å². The fraction of sp³-hybridized carbons (Fsp3) is 0.324. The second kappa shape index (κ2) is 11.2. The van der Waals surface area contributed by atoms with Gasteiger partial charge in [0.2, 0.25) is 0 Å². The van der Waals surface area contributed by atoms with Gasteiger partial charge in [0.1, 0.15) is 0 Å². The summed E-state index contributed by atoms with van der Waals surface area (Å²) in [5.41, 5.74) is 7.13. The molecular weight excluding hydrogens is 510 g/mol. The van der Waals surface area contributed by atoms with E-state index in [2.05, 4.69) is 50.8 Å². The van der Waals surface area contributed by atoms with E-state index in [-0.39, 0.29) is 24.0 Å². The number of carbonyl (C=O) groups is 2. The number of rotatable bonds is 5. The molecule has 2 N–H and O–H groups in total. The van der Waals surface area contributed by atoms with Crippen LogP contribution in [0.3, 0.4) is 0 Å². The lowest BCUT2D eigenvalue weighted by atomic mass is 10.00. The Morgan fingerprint density at radius 2 is 1.76 bits per heavy atom. The summed E-state index contributed by atoms with van der Waals surface area (Å²) >= 11 is 0. The van der Waals surface area contributed by atoms with Crippen LogP contribution in [0.15, 0.2) is 73.1 Å². The molecule has 1 unspecified atom stereocenters. The number of nitrogens with zero attached hydrogens (tertiary/aromatic N) is 3. The third-order valence-corrected chi connectivity index (χ3v) is 8.73. The topological polar surface area (TPSA) is 77.6 Å². The van der Waals surface area contributed by atoms with Gasteiger partial charge in [0.15, 0.2) is 0 Å². The highest BCUT2D eigenvalue weighted by molar-refractivity contribution is 5.95. The van der Waals surface area contributed by atoms with E-state index in [1.54, 1.807) is 0 Å². The van der Waals surface area contributed by atoms with Gasteiger partial charge in [-0.05, 0) is 98.0 Å². The Morgan fingerprint density at radius 3 is 2.56 bits per heavy atom. The van der Waals surface area contributed by atoms with Crippen LogP contribution >= 0.6 is 0 Å². The molecule has 210 valence electrons. The van der Waals surface area contributed by atoms with E-state index in [9.17, 15) is 9.59 Å². The van der Waals surface area contributed by atoms with Crippen molar-refractivity contribution in [3.8, 4) is 0 Å². The molecule has 2 aliphatic rings. The lowest BCUT2D eigenvalue weighted by molar-refractivity contribution is 0.0709. The second-order valence-electron chi connectivity index (χ2n) is 11.5. The van der Waals surface area contributed by atoms with E-state index in [4.69, 9.17) is 0 Å². The molecule has 0 bridgehead atoms. The number of pyridine rings is 1. The van der Waals surface area contributed by atoms with Crippen molar-refractivity contribution in [2.75, 3.05) is 30.4 Å². The van der Waals surface area contributed by atoms with E-state index in [0.29, 0.717) is 5.56 Å².